The highest BCUT2D eigenvalue weighted by molar-refractivity contribution is 5.02. The van der Waals surface area contributed by atoms with Gasteiger partial charge in [-0.2, -0.15) is 0 Å². The van der Waals surface area contributed by atoms with Crippen LogP contribution in [0, 0.1) is 41.4 Å². The molecule has 0 spiro atoms. The Morgan fingerprint density at radius 2 is 1.67 bits per heavy atom. The highest BCUT2D eigenvalue weighted by Gasteiger charge is 2.53. The van der Waals surface area contributed by atoms with Crippen LogP contribution in [0.5, 0.6) is 0 Å². The van der Waals surface area contributed by atoms with Crippen LogP contribution in [0.25, 0.3) is 0 Å². The molecule has 6 unspecified atom stereocenters. The molecule has 3 saturated carbocycles. The van der Waals surface area contributed by atoms with E-state index in [0.717, 1.165) is 41.4 Å². The Morgan fingerprint density at radius 1 is 0.867 bits per heavy atom. The molecule has 3 rings (SSSR count). The first-order valence-electron chi connectivity index (χ1n) is 7.16. The van der Waals surface area contributed by atoms with Crippen molar-refractivity contribution in [1.82, 2.24) is 0 Å². The molecule has 0 aromatic heterocycles. The van der Waals surface area contributed by atoms with Crippen LogP contribution >= 0.6 is 0 Å². The minimum atomic E-state index is 0.943. The standard InChI is InChI=1S/C15H26/c1-9(2)13-7-11-8-15(13)14-6-10(3)4-5-12(11)14/h9-15H,4-8H2,1-3H3. The molecule has 0 saturated heterocycles. The van der Waals surface area contributed by atoms with Gasteiger partial charge in [0.1, 0.15) is 0 Å². The van der Waals surface area contributed by atoms with Crippen molar-refractivity contribution in [1.29, 1.82) is 0 Å². The van der Waals surface area contributed by atoms with Crippen LogP contribution < -0.4 is 0 Å². The van der Waals surface area contributed by atoms with Crippen molar-refractivity contribution < 1.29 is 0 Å². The lowest BCUT2D eigenvalue weighted by atomic mass is 9.63. The Kier molecular flexibility index (Phi) is 2.37. The monoisotopic (exact) mass is 206 g/mol. The van der Waals surface area contributed by atoms with Crippen LogP contribution in [0.1, 0.15) is 52.9 Å². The van der Waals surface area contributed by atoms with Gasteiger partial charge in [0.05, 0.1) is 0 Å². The van der Waals surface area contributed by atoms with Crippen LogP contribution in [0.15, 0.2) is 0 Å². The summed E-state index contributed by atoms with van der Waals surface area (Å²) < 4.78 is 0. The molecule has 0 nitrogen and oxygen atoms in total. The lowest BCUT2D eigenvalue weighted by Gasteiger charge is -2.42. The summed E-state index contributed by atoms with van der Waals surface area (Å²) in [5.74, 6) is 7.61. The van der Waals surface area contributed by atoms with Gasteiger partial charge in [-0.3, -0.25) is 0 Å². The van der Waals surface area contributed by atoms with Crippen molar-refractivity contribution in [3.05, 3.63) is 0 Å². The van der Waals surface area contributed by atoms with E-state index in [9.17, 15) is 0 Å². The van der Waals surface area contributed by atoms with Gasteiger partial charge in [0.2, 0.25) is 0 Å². The summed E-state index contributed by atoms with van der Waals surface area (Å²) in [6, 6.07) is 0. The SMILES string of the molecule is CC1CCC2C3CC(C(C)C)C(C3)C2C1. The lowest BCUT2D eigenvalue weighted by molar-refractivity contribution is 0.0724. The molecule has 0 aromatic carbocycles. The van der Waals surface area contributed by atoms with Gasteiger partial charge >= 0.3 is 0 Å². The van der Waals surface area contributed by atoms with Crippen LogP contribution in [-0.2, 0) is 0 Å². The highest BCUT2D eigenvalue weighted by Crippen LogP contribution is 2.61. The van der Waals surface area contributed by atoms with E-state index in [4.69, 9.17) is 0 Å². The van der Waals surface area contributed by atoms with Crippen molar-refractivity contribution >= 4 is 0 Å². The molecule has 3 aliphatic carbocycles. The third-order valence-corrected chi connectivity index (χ3v) is 5.93. The van der Waals surface area contributed by atoms with Gasteiger partial charge in [0.15, 0.2) is 0 Å². The molecule has 0 heteroatoms. The first kappa shape index (κ1) is 10.2. The summed E-state index contributed by atoms with van der Waals surface area (Å²) in [5, 5.41) is 0. The average Bonchev–Trinajstić information content (AvgIpc) is 2.74. The van der Waals surface area contributed by atoms with Crippen molar-refractivity contribution in [2.45, 2.75) is 52.9 Å². The summed E-state index contributed by atoms with van der Waals surface area (Å²) >= 11 is 0. The third-order valence-electron chi connectivity index (χ3n) is 5.93. The maximum Gasteiger partial charge on any atom is -0.0349 e. The molecular weight excluding hydrogens is 180 g/mol. The fraction of sp³-hybridized carbons (Fsp3) is 1.00. The molecular formula is C15H26. The van der Waals surface area contributed by atoms with E-state index in [2.05, 4.69) is 20.8 Å². The van der Waals surface area contributed by atoms with Crippen LogP contribution in [0.4, 0.5) is 0 Å². The number of hydrogen-bond donors (Lipinski definition) is 0. The minimum Gasteiger partial charge on any atom is -0.0625 e. The topological polar surface area (TPSA) is 0 Å². The van der Waals surface area contributed by atoms with E-state index in [-0.39, 0.29) is 0 Å². The largest absolute Gasteiger partial charge is 0.0625 e. The van der Waals surface area contributed by atoms with Crippen molar-refractivity contribution in [2.75, 3.05) is 0 Å². The Labute approximate surface area is 94.8 Å². The first-order chi connectivity index (χ1) is 7.16. The summed E-state index contributed by atoms with van der Waals surface area (Å²) in [6.45, 7) is 7.38. The predicted octanol–water partition coefficient (Wildman–Crippen LogP) is 4.35. The Morgan fingerprint density at radius 3 is 2.40 bits per heavy atom. The summed E-state index contributed by atoms with van der Waals surface area (Å²) in [7, 11) is 0. The van der Waals surface area contributed by atoms with Gasteiger partial charge in [0.25, 0.3) is 0 Å². The van der Waals surface area contributed by atoms with Crippen LogP contribution in [-0.4, -0.2) is 0 Å². The van der Waals surface area contributed by atoms with Gasteiger partial charge in [-0.25, -0.2) is 0 Å². The number of rotatable bonds is 1. The van der Waals surface area contributed by atoms with Crippen molar-refractivity contribution in [3.8, 4) is 0 Å². The van der Waals surface area contributed by atoms with E-state index in [1.807, 2.05) is 0 Å². The van der Waals surface area contributed by atoms with Gasteiger partial charge < -0.3 is 0 Å². The minimum absolute atomic E-state index is 0.943. The van der Waals surface area contributed by atoms with E-state index in [1.165, 1.54) is 6.42 Å². The third kappa shape index (κ3) is 1.47. The summed E-state index contributed by atoms with van der Waals surface area (Å²) in [6.07, 6.45) is 7.84. The Balaban J connectivity index is 1.78. The van der Waals surface area contributed by atoms with E-state index < -0.39 is 0 Å². The quantitative estimate of drug-likeness (QED) is 0.598. The maximum atomic E-state index is 2.48. The van der Waals surface area contributed by atoms with Gasteiger partial charge in [-0.15, -0.1) is 0 Å². The molecule has 0 amide bonds. The molecule has 0 aromatic rings. The van der Waals surface area contributed by atoms with Gasteiger partial charge in [-0.1, -0.05) is 27.2 Å². The van der Waals surface area contributed by atoms with Crippen LogP contribution in [0.2, 0.25) is 0 Å². The Bertz CT molecular complexity index is 240. The normalized spacial score (nSPS) is 53.6. The zero-order valence-electron chi connectivity index (χ0n) is 10.6. The maximum absolute atomic E-state index is 2.48. The molecule has 0 N–H and O–H groups in total. The summed E-state index contributed by atoms with van der Waals surface area (Å²) in [4.78, 5) is 0. The zero-order valence-corrected chi connectivity index (χ0v) is 10.6. The fourth-order valence-electron chi connectivity index (χ4n) is 5.28. The molecule has 0 heterocycles. The highest BCUT2D eigenvalue weighted by atomic mass is 14.6. The molecule has 2 bridgehead atoms. The smallest absolute Gasteiger partial charge is 0.0349 e. The predicted molar refractivity (Wildman–Crippen MR) is 64.5 cm³/mol. The summed E-state index contributed by atoms with van der Waals surface area (Å²) in [5.41, 5.74) is 0. The van der Waals surface area contributed by atoms with Crippen molar-refractivity contribution in [3.63, 3.8) is 0 Å². The lowest BCUT2D eigenvalue weighted by Crippen LogP contribution is -2.34. The average molecular weight is 206 g/mol. The van der Waals surface area contributed by atoms with Gasteiger partial charge in [0, 0.05) is 0 Å². The molecule has 0 aliphatic heterocycles. The van der Waals surface area contributed by atoms with Gasteiger partial charge in [-0.05, 0) is 67.1 Å². The molecule has 86 valence electrons. The molecule has 3 aliphatic rings. The number of hydrogen-bond acceptors (Lipinski definition) is 0. The second-order valence-electron chi connectivity index (χ2n) is 7.05. The molecule has 15 heavy (non-hydrogen) atoms. The molecule has 6 atom stereocenters. The van der Waals surface area contributed by atoms with E-state index in [1.54, 1.807) is 25.7 Å². The number of fused-ring (bicyclic) bond motifs is 5. The second kappa shape index (κ2) is 3.50. The van der Waals surface area contributed by atoms with Crippen molar-refractivity contribution in [2.24, 2.45) is 41.4 Å². The second-order valence-corrected chi connectivity index (χ2v) is 7.05. The molecule has 3 fully saturated rings. The van der Waals surface area contributed by atoms with E-state index in [0.29, 0.717) is 0 Å². The van der Waals surface area contributed by atoms with Crippen LogP contribution in [0.3, 0.4) is 0 Å². The zero-order chi connectivity index (χ0) is 10.6. The van der Waals surface area contributed by atoms with E-state index >= 15 is 0 Å². The fourth-order valence-corrected chi connectivity index (χ4v) is 5.28. The first-order valence-corrected chi connectivity index (χ1v) is 7.16. The molecule has 0 radical (unpaired) electrons. The Hall–Kier alpha value is 0.